The van der Waals surface area contributed by atoms with Gasteiger partial charge >= 0.3 is 6.09 Å². The topological polar surface area (TPSA) is 55.6 Å². The largest absolute Gasteiger partial charge is 0.415 e. The molecule has 0 aromatic heterocycles. The van der Waals surface area contributed by atoms with Gasteiger partial charge in [-0.15, -0.1) is 0 Å². The lowest BCUT2D eigenvalue weighted by atomic mass is 10.2. The van der Waals surface area contributed by atoms with Gasteiger partial charge in [0.1, 0.15) is 5.75 Å². The zero-order valence-corrected chi connectivity index (χ0v) is 9.13. The van der Waals surface area contributed by atoms with E-state index in [1.807, 2.05) is 18.2 Å². The Morgan fingerprint density at radius 3 is 2.88 bits per heavy atom. The SMILES string of the molecule is NCC1CCCN1C(=O)Oc1ccccc1. The number of nitrogens with zero attached hydrogens (tertiary/aromatic N) is 1. The van der Waals surface area contributed by atoms with Gasteiger partial charge in [0.2, 0.25) is 0 Å². The quantitative estimate of drug-likeness (QED) is 0.823. The second-order valence-electron chi connectivity index (χ2n) is 3.91. The number of rotatable bonds is 2. The van der Waals surface area contributed by atoms with Crippen LogP contribution in [0.4, 0.5) is 4.79 Å². The molecule has 2 rings (SSSR count). The number of likely N-dealkylation sites (tertiary alicyclic amines) is 1. The summed E-state index contributed by atoms with van der Waals surface area (Å²) in [6.07, 6.45) is 1.69. The van der Waals surface area contributed by atoms with Crippen LogP contribution in [0.25, 0.3) is 0 Å². The molecule has 1 aromatic rings. The number of nitrogens with two attached hydrogens (primary N) is 1. The Morgan fingerprint density at radius 1 is 1.44 bits per heavy atom. The Labute approximate surface area is 95.0 Å². The van der Waals surface area contributed by atoms with Crippen molar-refractivity contribution in [2.75, 3.05) is 13.1 Å². The van der Waals surface area contributed by atoms with Crippen molar-refractivity contribution in [3.05, 3.63) is 30.3 Å². The van der Waals surface area contributed by atoms with Crippen molar-refractivity contribution < 1.29 is 9.53 Å². The van der Waals surface area contributed by atoms with Gasteiger partial charge < -0.3 is 15.4 Å². The van der Waals surface area contributed by atoms with Crippen LogP contribution in [-0.2, 0) is 0 Å². The minimum atomic E-state index is -0.292. The molecule has 0 saturated carbocycles. The van der Waals surface area contributed by atoms with Crippen LogP contribution in [0.15, 0.2) is 30.3 Å². The normalized spacial score (nSPS) is 19.8. The summed E-state index contributed by atoms with van der Waals surface area (Å²) in [5, 5.41) is 0. The van der Waals surface area contributed by atoms with Crippen LogP contribution in [0.1, 0.15) is 12.8 Å². The van der Waals surface area contributed by atoms with Crippen LogP contribution in [-0.4, -0.2) is 30.1 Å². The highest BCUT2D eigenvalue weighted by atomic mass is 16.6. The minimum Gasteiger partial charge on any atom is -0.410 e. The molecule has 0 spiro atoms. The predicted molar refractivity (Wildman–Crippen MR) is 61.2 cm³/mol. The van der Waals surface area contributed by atoms with Crippen molar-refractivity contribution in [2.45, 2.75) is 18.9 Å². The number of benzene rings is 1. The zero-order valence-electron chi connectivity index (χ0n) is 9.13. The van der Waals surface area contributed by atoms with Gasteiger partial charge in [0.25, 0.3) is 0 Å². The molecule has 1 aliphatic heterocycles. The Morgan fingerprint density at radius 2 is 2.19 bits per heavy atom. The zero-order chi connectivity index (χ0) is 11.4. The fourth-order valence-electron chi connectivity index (χ4n) is 1.97. The Hall–Kier alpha value is -1.55. The number of ether oxygens (including phenoxy) is 1. The molecule has 1 aliphatic rings. The second kappa shape index (κ2) is 4.99. The maximum absolute atomic E-state index is 11.8. The average molecular weight is 220 g/mol. The smallest absolute Gasteiger partial charge is 0.410 e. The molecule has 1 atom stereocenters. The number of carbonyl (C=O) groups is 1. The van der Waals surface area contributed by atoms with E-state index < -0.39 is 0 Å². The van der Waals surface area contributed by atoms with E-state index in [2.05, 4.69) is 0 Å². The van der Waals surface area contributed by atoms with Gasteiger partial charge in [-0.3, -0.25) is 0 Å². The summed E-state index contributed by atoms with van der Waals surface area (Å²) in [7, 11) is 0. The minimum absolute atomic E-state index is 0.135. The van der Waals surface area contributed by atoms with E-state index in [0.29, 0.717) is 12.3 Å². The van der Waals surface area contributed by atoms with Crippen molar-refractivity contribution in [2.24, 2.45) is 5.73 Å². The van der Waals surface area contributed by atoms with E-state index in [9.17, 15) is 4.79 Å². The maximum atomic E-state index is 11.8. The first kappa shape index (κ1) is 11.0. The molecule has 1 fully saturated rings. The summed E-state index contributed by atoms with van der Waals surface area (Å²) in [6.45, 7) is 1.25. The third kappa shape index (κ3) is 2.33. The van der Waals surface area contributed by atoms with Crippen LogP contribution >= 0.6 is 0 Å². The Kier molecular flexibility index (Phi) is 3.41. The molecule has 1 unspecified atom stereocenters. The van der Waals surface area contributed by atoms with Gasteiger partial charge in [0.15, 0.2) is 0 Å². The van der Waals surface area contributed by atoms with E-state index in [4.69, 9.17) is 10.5 Å². The average Bonchev–Trinajstić information content (AvgIpc) is 2.78. The van der Waals surface area contributed by atoms with Gasteiger partial charge in [0.05, 0.1) is 0 Å². The van der Waals surface area contributed by atoms with Crippen LogP contribution in [0.2, 0.25) is 0 Å². The molecule has 0 bridgehead atoms. The number of carbonyl (C=O) groups excluding carboxylic acids is 1. The van der Waals surface area contributed by atoms with Gasteiger partial charge in [-0.25, -0.2) is 4.79 Å². The van der Waals surface area contributed by atoms with E-state index in [1.165, 1.54) is 0 Å². The summed E-state index contributed by atoms with van der Waals surface area (Å²) in [6, 6.07) is 9.24. The standard InChI is InChI=1S/C12H16N2O2/c13-9-10-5-4-8-14(10)12(15)16-11-6-2-1-3-7-11/h1-3,6-7,10H,4-5,8-9,13H2. The predicted octanol–water partition coefficient (Wildman–Crippen LogP) is 1.61. The molecule has 16 heavy (non-hydrogen) atoms. The number of hydrogen-bond donors (Lipinski definition) is 1. The van der Waals surface area contributed by atoms with Crippen LogP contribution in [0, 0.1) is 0 Å². The van der Waals surface area contributed by atoms with Gasteiger partial charge in [-0.2, -0.15) is 0 Å². The first-order valence-electron chi connectivity index (χ1n) is 5.55. The Balaban J connectivity index is 1.98. The van der Waals surface area contributed by atoms with E-state index >= 15 is 0 Å². The fourth-order valence-corrected chi connectivity index (χ4v) is 1.97. The van der Waals surface area contributed by atoms with Crippen molar-refractivity contribution in [3.8, 4) is 5.75 Å². The summed E-state index contributed by atoms with van der Waals surface area (Å²) in [5.41, 5.74) is 5.61. The first-order chi connectivity index (χ1) is 7.81. The first-order valence-corrected chi connectivity index (χ1v) is 5.55. The summed E-state index contributed by atoms with van der Waals surface area (Å²) in [5.74, 6) is 0.579. The molecule has 1 aromatic carbocycles. The van der Waals surface area contributed by atoms with E-state index in [1.54, 1.807) is 17.0 Å². The third-order valence-electron chi connectivity index (χ3n) is 2.83. The summed E-state index contributed by atoms with van der Waals surface area (Å²) in [4.78, 5) is 13.5. The van der Waals surface area contributed by atoms with Crippen molar-refractivity contribution in [1.29, 1.82) is 0 Å². The third-order valence-corrected chi connectivity index (χ3v) is 2.83. The molecule has 4 heteroatoms. The molecule has 0 aliphatic carbocycles. The number of para-hydroxylation sites is 1. The van der Waals surface area contributed by atoms with E-state index in [-0.39, 0.29) is 12.1 Å². The second-order valence-corrected chi connectivity index (χ2v) is 3.91. The molecular weight excluding hydrogens is 204 g/mol. The number of amides is 1. The number of hydrogen-bond acceptors (Lipinski definition) is 3. The highest BCUT2D eigenvalue weighted by Gasteiger charge is 2.28. The van der Waals surface area contributed by atoms with Crippen LogP contribution < -0.4 is 10.5 Å². The van der Waals surface area contributed by atoms with Crippen molar-refractivity contribution in [3.63, 3.8) is 0 Å². The molecule has 4 nitrogen and oxygen atoms in total. The molecule has 1 saturated heterocycles. The van der Waals surface area contributed by atoms with Gasteiger partial charge in [0, 0.05) is 19.1 Å². The van der Waals surface area contributed by atoms with Gasteiger partial charge in [-0.05, 0) is 25.0 Å². The lowest BCUT2D eigenvalue weighted by molar-refractivity contribution is 0.148. The fraction of sp³-hybridized carbons (Fsp3) is 0.417. The molecule has 0 radical (unpaired) electrons. The lowest BCUT2D eigenvalue weighted by Gasteiger charge is -2.22. The highest BCUT2D eigenvalue weighted by Crippen LogP contribution is 2.18. The summed E-state index contributed by atoms with van der Waals surface area (Å²) >= 11 is 0. The molecule has 1 amide bonds. The van der Waals surface area contributed by atoms with Crippen LogP contribution in [0.3, 0.4) is 0 Å². The van der Waals surface area contributed by atoms with Crippen molar-refractivity contribution in [1.82, 2.24) is 4.90 Å². The highest BCUT2D eigenvalue weighted by molar-refractivity contribution is 5.71. The molecule has 1 heterocycles. The lowest BCUT2D eigenvalue weighted by Crippen LogP contribution is -2.41. The van der Waals surface area contributed by atoms with Crippen molar-refractivity contribution >= 4 is 6.09 Å². The van der Waals surface area contributed by atoms with Crippen LogP contribution in [0.5, 0.6) is 5.75 Å². The maximum Gasteiger partial charge on any atom is 0.415 e. The van der Waals surface area contributed by atoms with Gasteiger partial charge in [-0.1, -0.05) is 18.2 Å². The molecular formula is C12H16N2O2. The molecule has 86 valence electrons. The van der Waals surface area contributed by atoms with E-state index in [0.717, 1.165) is 19.4 Å². The Bertz CT molecular complexity index is 353. The summed E-state index contributed by atoms with van der Waals surface area (Å²) < 4.78 is 5.26. The molecule has 2 N–H and O–H groups in total. The monoisotopic (exact) mass is 220 g/mol.